The number of aliphatic hydroxyl groups is 1. The van der Waals surface area contributed by atoms with E-state index in [1.165, 1.54) is 0 Å². The lowest BCUT2D eigenvalue weighted by Crippen LogP contribution is -2.38. The minimum absolute atomic E-state index is 0.0961. The van der Waals surface area contributed by atoms with Crippen molar-refractivity contribution in [3.63, 3.8) is 0 Å². The third kappa shape index (κ3) is 0.924. The van der Waals surface area contributed by atoms with Crippen molar-refractivity contribution in [2.45, 2.75) is 32.3 Å². The summed E-state index contributed by atoms with van der Waals surface area (Å²) in [6.07, 6.45) is 2.68. The Labute approximate surface area is 66.6 Å². The molecule has 0 radical (unpaired) electrons. The van der Waals surface area contributed by atoms with Gasteiger partial charge in [-0.3, -0.25) is 4.79 Å². The van der Waals surface area contributed by atoms with Gasteiger partial charge in [-0.15, -0.1) is 0 Å². The topological polar surface area (TPSA) is 37.3 Å². The maximum atomic E-state index is 11.4. The smallest absolute Gasteiger partial charge is 0.141 e. The summed E-state index contributed by atoms with van der Waals surface area (Å²) in [6, 6.07) is 0. The number of carbonyl (C=O) groups excluding carboxylic acids is 1. The first-order chi connectivity index (χ1) is 5.20. The molecule has 2 nitrogen and oxygen atoms in total. The van der Waals surface area contributed by atoms with Gasteiger partial charge < -0.3 is 5.11 Å². The number of fused-ring (bicyclic) bond motifs is 2. The van der Waals surface area contributed by atoms with Crippen LogP contribution in [0.5, 0.6) is 0 Å². The number of rotatable bonds is 0. The fourth-order valence-electron chi connectivity index (χ4n) is 2.53. The molecule has 11 heavy (non-hydrogen) atoms. The van der Waals surface area contributed by atoms with Crippen molar-refractivity contribution in [2.75, 3.05) is 0 Å². The lowest BCUT2D eigenvalue weighted by Gasteiger charge is -2.29. The van der Waals surface area contributed by atoms with Crippen LogP contribution in [-0.2, 0) is 4.79 Å². The predicted molar refractivity (Wildman–Crippen MR) is 41.0 cm³/mol. The van der Waals surface area contributed by atoms with Gasteiger partial charge in [-0.1, -0.05) is 6.92 Å². The summed E-state index contributed by atoms with van der Waals surface area (Å²) < 4.78 is 0. The number of ketones is 1. The molecule has 4 unspecified atom stereocenters. The molecule has 0 saturated heterocycles. The quantitative estimate of drug-likeness (QED) is 0.564. The highest BCUT2D eigenvalue weighted by atomic mass is 16.3. The van der Waals surface area contributed by atoms with E-state index < -0.39 is 0 Å². The number of hydrogen-bond acceptors (Lipinski definition) is 2. The van der Waals surface area contributed by atoms with Crippen molar-refractivity contribution in [2.24, 2.45) is 17.8 Å². The SMILES string of the molecule is CC1C(=O)C2CCC(C2)C1O. The standard InChI is InChI=1S/C9H14O2/c1-5-8(10)6-2-3-7(4-6)9(5)11/h5-8,10H,2-4H2,1H3. The zero-order valence-corrected chi connectivity index (χ0v) is 6.79. The second-order valence-electron chi connectivity index (χ2n) is 3.95. The van der Waals surface area contributed by atoms with E-state index in [2.05, 4.69) is 0 Å². The first kappa shape index (κ1) is 7.29. The van der Waals surface area contributed by atoms with Gasteiger partial charge in [0.2, 0.25) is 0 Å². The summed E-state index contributed by atoms with van der Waals surface area (Å²) in [5.74, 6) is 0.915. The van der Waals surface area contributed by atoms with Crippen LogP contribution in [-0.4, -0.2) is 17.0 Å². The van der Waals surface area contributed by atoms with Crippen LogP contribution in [0.15, 0.2) is 0 Å². The Morgan fingerprint density at radius 1 is 1.45 bits per heavy atom. The van der Waals surface area contributed by atoms with Gasteiger partial charge in [0.05, 0.1) is 6.10 Å². The Morgan fingerprint density at radius 2 is 2.18 bits per heavy atom. The lowest BCUT2D eigenvalue weighted by molar-refractivity contribution is -0.133. The molecule has 2 heteroatoms. The Morgan fingerprint density at radius 3 is 2.91 bits per heavy atom. The lowest BCUT2D eigenvalue weighted by atomic mass is 9.79. The van der Waals surface area contributed by atoms with Crippen LogP contribution in [0.25, 0.3) is 0 Å². The van der Waals surface area contributed by atoms with Crippen molar-refractivity contribution < 1.29 is 9.90 Å². The zero-order chi connectivity index (χ0) is 8.01. The van der Waals surface area contributed by atoms with E-state index in [9.17, 15) is 9.90 Å². The molecule has 2 rings (SSSR count). The average molecular weight is 154 g/mol. The maximum absolute atomic E-state index is 11.4. The molecule has 4 atom stereocenters. The van der Waals surface area contributed by atoms with Crippen LogP contribution in [0.2, 0.25) is 0 Å². The van der Waals surface area contributed by atoms with Crippen LogP contribution in [0.1, 0.15) is 26.2 Å². The molecule has 0 spiro atoms. The van der Waals surface area contributed by atoms with Gasteiger partial charge >= 0.3 is 0 Å². The van der Waals surface area contributed by atoms with Crippen LogP contribution in [0, 0.1) is 17.8 Å². The molecule has 2 fully saturated rings. The average Bonchev–Trinajstić information content (AvgIpc) is 2.44. The van der Waals surface area contributed by atoms with Crippen LogP contribution in [0.4, 0.5) is 0 Å². The van der Waals surface area contributed by atoms with Gasteiger partial charge in [0.1, 0.15) is 5.78 Å². The first-order valence-corrected chi connectivity index (χ1v) is 4.42. The zero-order valence-electron chi connectivity index (χ0n) is 6.79. The third-order valence-electron chi connectivity index (χ3n) is 3.32. The van der Waals surface area contributed by atoms with Gasteiger partial charge in [0.15, 0.2) is 0 Å². The monoisotopic (exact) mass is 154 g/mol. The van der Waals surface area contributed by atoms with E-state index in [0.29, 0.717) is 17.6 Å². The molecule has 0 aromatic carbocycles. The molecular weight excluding hydrogens is 140 g/mol. The van der Waals surface area contributed by atoms with Gasteiger partial charge in [0, 0.05) is 11.8 Å². The summed E-state index contributed by atoms with van der Waals surface area (Å²) >= 11 is 0. The number of Topliss-reactive ketones (excluding diaryl/α,β-unsaturated/α-hetero) is 1. The molecule has 2 saturated carbocycles. The minimum atomic E-state index is -0.346. The van der Waals surface area contributed by atoms with Crippen LogP contribution >= 0.6 is 0 Å². The van der Waals surface area contributed by atoms with Crippen molar-refractivity contribution in [3.05, 3.63) is 0 Å². The van der Waals surface area contributed by atoms with Gasteiger partial charge in [-0.25, -0.2) is 0 Å². The van der Waals surface area contributed by atoms with Crippen molar-refractivity contribution in [3.8, 4) is 0 Å². The summed E-state index contributed by atoms with van der Waals surface area (Å²) in [5, 5.41) is 9.61. The summed E-state index contributed by atoms with van der Waals surface area (Å²) in [5.41, 5.74) is 0. The molecule has 0 heterocycles. The number of carbonyl (C=O) groups is 1. The summed E-state index contributed by atoms with van der Waals surface area (Å²) in [4.78, 5) is 11.4. The van der Waals surface area contributed by atoms with E-state index in [1.807, 2.05) is 6.92 Å². The first-order valence-electron chi connectivity index (χ1n) is 4.42. The normalized spacial score (nSPS) is 49.8. The fraction of sp³-hybridized carbons (Fsp3) is 0.889. The van der Waals surface area contributed by atoms with Gasteiger partial charge in [-0.2, -0.15) is 0 Å². The van der Waals surface area contributed by atoms with Gasteiger partial charge in [0.25, 0.3) is 0 Å². The molecule has 0 aromatic rings. The highest BCUT2D eigenvalue weighted by Crippen LogP contribution is 2.42. The summed E-state index contributed by atoms with van der Waals surface area (Å²) in [6.45, 7) is 1.86. The second kappa shape index (κ2) is 2.31. The predicted octanol–water partition coefficient (Wildman–Crippen LogP) is 0.982. The van der Waals surface area contributed by atoms with E-state index in [1.54, 1.807) is 0 Å². The van der Waals surface area contributed by atoms with E-state index in [0.717, 1.165) is 19.3 Å². The third-order valence-corrected chi connectivity index (χ3v) is 3.32. The summed E-state index contributed by atoms with van der Waals surface area (Å²) in [7, 11) is 0. The number of hydrogen-bond donors (Lipinski definition) is 1. The highest BCUT2D eigenvalue weighted by Gasteiger charge is 2.44. The molecular formula is C9H14O2. The Bertz CT molecular complexity index is 188. The van der Waals surface area contributed by atoms with Crippen LogP contribution < -0.4 is 0 Å². The number of aliphatic hydroxyl groups excluding tert-OH is 1. The van der Waals surface area contributed by atoms with Gasteiger partial charge in [-0.05, 0) is 25.2 Å². The Kier molecular flexibility index (Phi) is 1.53. The minimum Gasteiger partial charge on any atom is -0.392 e. The maximum Gasteiger partial charge on any atom is 0.141 e. The molecule has 2 bridgehead atoms. The molecule has 0 aromatic heterocycles. The second-order valence-corrected chi connectivity index (χ2v) is 3.95. The molecule has 0 amide bonds. The fourth-order valence-corrected chi connectivity index (χ4v) is 2.53. The molecule has 2 aliphatic carbocycles. The van der Waals surface area contributed by atoms with Crippen molar-refractivity contribution in [1.29, 1.82) is 0 Å². The van der Waals surface area contributed by atoms with Crippen molar-refractivity contribution in [1.82, 2.24) is 0 Å². The molecule has 1 N–H and O–H groups in total. The van der Waals surface area contributed by atoms with E-state index in [-0.39, 0.29) is 12.0 Å². The molecule has 0 aliphatic heterocycles. The van der Waals surface area contributed by atoms with Crippen LogP contribution in [0.3, 0.4) is 0 Å². The highest BCUT2D eigenvalue weighted by molar-refractivity contribution is 5.85. The van der Waals surface area contributed by atoms with E-state index >= 15 is 0 Å². The molecule has 2 aliphatic rings. The molecule has 62 valence electrons. The Hall–Kier alpha value is -0.370. The Balaban J connectivity index is 2.23. The largest absolute Gasteiger partial charge is 0.392 e. The van der Waals surface area contributed by atoms with E-state index in [4.69, 9.17) is 0 Å². The van der Waals surface area contributed by atoms with Crippen molar-refractivity contribution >= 4 is 5.78 Å².